The molecule has 2 rings (SSSR count). The summed E-state index contributed by atoms with van der Waals surface area (Å²) in [6.07, 6.45) is 5.29. The molecule has 0 aromatic carbocycles. The minimum atomic E-state index is 0.601. The lowest BCUT2D eigenvalue weighted by Crippen LogP contribution is -2.37. The highest BCUT2D eigenvalue weighted by Crippen LogP contribution is 2.34. The van der Waals surface area contributed by atoms with Crippen LogP contribution in [-0.2, 0) is 13.0 Å². The molecular formula is C15H27N3. The number of likely N-dealkylation sites (N-methyl/N-ethyl adjacent to an activating group) is 1. The van der Waals surface area contributed by atoms with Crippen LogP contribution in [0.2, 0.25) is 0 Å². The first-order valence-corrected chi connectivity index (χ1v) is 7.36. The van der Waals surface area contributed by atoms with Crippen LogP contribution in [0.25, 0.3) is 0 Å². The summed E-state index contributed by atoms with van der Waals surface area (Å²) in [5, 5.41) is 8.09. The summed E-state index contributed by atoms with van der Waals surface area (Å²) >= 11 is 0. The monoisotopic (exact) mass is 249 g/mol. The van der Waals surface area contributed by atoms with E-state index in [9.17, 15) is 0 Å². The zero-order valence-corrected chi connectivity index (χ0v) is 12.2. The van der Waals surface area contributed by atoms with Crippen molar-refractivity contribution in [1.29, 1.82) is 0 Å². The van der Waals surface area contributed by atoms with E-state index in [4.69, 9.17) is 0 Å². The molecule has 3 unspecified atom stereocenters. The fourth-order valence-electron chi connectivity index (χ4n) is 3.50. The van der Waals surface area contributed by atoms with Gasteiger partial charge in [-0.15, -0.1) is 0 Å². The summed E-state index contributed by atoms with van der Waals surface area (Å²) in [5.41, 5.74) is 2.52. The predicted molar refractivity (Wildman–Crippen MR) is 75.7 cm³/mol. The Morgan fingerprint density at radius 1 is 1.50 bits per heavy atom. The average molecular weight is 249 g/mol. The van der Waals surface area contributed by atoms with E-state index in [0.717, 1.165) is 30.5 Å². The van der Waals surface area contributed by atoms with Crippen LogP contribution in [0.3, 0.4) is 0 Å². The van der Waals surface area contributed by atoms with Crippen molar-refractivity contribution in [3.05, 3.63) is 17.5 Å². The molecule has 3 heteroatoms. The summed E-state index contributed by atoms with van der Waals surface area (Å²) in [7, 11) is 2.11. The fraction of sp³-hybridized carbons (Fsp3) is 0.800. The van der Waals surface area contributed by atoms with Crippen LogP contribution in [0.4, 0.5) is 0 Å². The molecule has 0 bridgehead atoms. The lowest BCUT2D eigenvalue weighted by Gasteiger charge is -2.26. The zero-order valence-electron chi connectivity index (χ0n) is 12.2. The SMILES string of the molecule is CCn1nc(C)cc1CC(NC)C1CCCC1C. The summed E-state index contributed by atoms with van der Waals surface area (Å²) in [5.74, 6) is 1.69. The molecule has 18 heavy (non-hydrogen) atoms. The molecule has 102 valence electrons. The van der Waals surface area contributed by atoms with Crippen molar-refractivity contribution >= 4 is 0 Å². The van der Waals surface area contributed by atoms with Crippen LogP contribution in [0.5, 0.6) is 0 Å². The van der Waals surface area contributed by atoms with E-state index in [0.29, 0.717) is 6.04 Å². The van der Waals surface area contributed by atoms with Gasteiger partial charge in [0.2, 0.25) is 0 Å². The van der Waals surface area contributed by atoms with Gasteiger partial charge in [-0.25, -0.2) is 0 Å². The van der Waals surface area contributed by atoms with Gasteiger partial charge in [0.05, 0.1) is 5.69 Å². The Hall–Kier alpha value is -0.830. The first-order valence-electron chi connectivity index (χ1n) is 7.36. The van der Waals surface area contributed by atoms with Gasteiger partial charge in [0.15, 0.2) is 0 Å². The van der Waals surface area contributed by atoms with Crippen molar-refractivity contribution in [3.63, 3.8) is 0 Å². The normalized spacial score (nSPS) is 25.6. The molecule has 0 aliphatic heterocycles. The minimum Gasteiger partial charge on any atom is -0.316 e. The second-order valence-corrected chi connectivity index (χ2v) is 5.76. The van der Waals surface area contributed by atoms with E-state index >= 15 is 0 Å². The average Bonchev–Trinajstić information content (AvgIpc) is 2.92. The van der Waals surface area contributed by atoms with Gasteiger partial charge in [0, 0.05) is 24.7 Å². The molecule has 1 heterocycles. The highest BCUT2D eigenvalue weighted by Gasteiger charge is 2.30. The summed E-state index contributed by atoms with van der Waals surface area (Å²) < 4.78 is 2.15. The molecule has 1 N–H and O–H groups in total. The number of nitrogens with zero attached hydrogens (tertiary/aromatic N) is 2. The molecule has 3 atom stereocenters. The highest BCUT2D eigenvalue weighted by molar-refractivity contribution is 5.11. The molecule has 0 amide bonds. The van der Waals surface area contributed by atoms with Gasteiger partial charge in [0.25, 0.3) is 0 Å². The maximum Gasteiger partial charge on any atom is 0.0596 e. The van der Waals surface area contributed by atoms with E-state index in [-0.39, 0.29) is 0 Å². The van der Waals surface area contributed by atoms with Gasteiger partial charge in [-0.3, -0.25) is 4.68 Å². The molecule has 1 aliphatic carbocycles. The molecule has 0 saturated heterocycles. The first kappa shape index (κ1) is 13.6. The Morgan fingerprint density at radius 2 is 2.28 bits per heavy atom. The summed E-state index contributed by atoms with van der Waals surface area (Å²) in [4.78, 5) is 0. The molecule has 1 fully saturated rings. The minimum absolute atomic E-state index is 0.601. The third kappa shape index (κ3) is 2.77. The quantitative estimate of drug-likeness (QED) is 0.869. The Labute approximate surface area is 111 Å². The lowest BCUT2D eigenvalue weighted by molar-refractivity contribution is 0.304. The molecule has 1 aliphatic rings. The van der Waals surface area contributed by atoms with Crippen LogP contribution in [0.15, 0.2) is 6.07 Å². The molecule has 1 aromatic heterocycles. The Kier molecular flexibility index (Phi) is 4.44. The first-order chi connectivity index (χ1) is 8.65. The number of aryl methyl sites for hydroxylation is 2. The van der Waals surface area contributed by atoms with Crippen LogP contribution in [0.1, 0.15) is 44.5 Å². The van der Waals surface area contributed by atoms with Gasteiger partial charge in [-0.1, -0.05) is 19.8 Å². The molecular weight excluding hydrogens is 222 g/mol. The van der Waals surface area contributed by atoms with Crippen molar-refractivity contribution in [3.8, 4) is 0 Å². The van der Waals surface area contributed by atoms with Gasteiger partial charge < -0.3 is 5.32 Å². The van der Waals surface area contributed by atoms with E-state index in [1.807, 2.05) is 0 Å². The standard InChI is InChI=1S/C15H27N3/c1-5-18-13(9-12(3)17-18)10-15(16-4)14-8-6-7-11(14)2/h9,11,14-16H,5-8,10H2,1-4H3. The van der Waals surface area contributed by atoms with Gasteiger partial charge >= 0.3 is 0 Å². The maximum atomic E-state index is 4.55. The van der Waals surface area contributed by atoms with E-state index in [1.54, 1.807) is 0 Å². The summed E-state index contributed by atoms with van der Waals surface area (Å²) in [6, 6.07) is 2.84. The zero-order chi connectivity index (χ0) is 13.1. The van der Waals surface area contributed by atoms with Crippen LogP contribution in [0, 0.1) is 18.8 Å². The largest absolute Gasteiger partial charge is 0.316 e. The number of nitrogens with one attached hydrogen (secondary N) is 1. The van der Waals surface area contributed by atoms with Crippen molar-refractivity contribution in [2.75, 3.05) is 7.05 Å². The van der Waals surface area contributed by atoms with Crippen LogP contribution in [-0.4, -0.2) is 22.9 Å². The molecule has 3 nitrogen and oxygen atoms in total. The van der Waals surface area contributed by atoms with E-state index < -0.39 is 0 Å². The van der Waals surface area contributed by atoms with Gasteiger partial charge in [-0.05, 0) is 45.2 Å². The van der Waals surface area contributed by atoms with Crippen molar-refractivity contribution < 1.29 is 0 Å². The summed E-state index contributed by atoms with van der Waals surface area (Å²) in [6.45, 7) is 7.63. The number of hydrogen-bond acceptors (Lipinski definition) is 2. The molecule has 1 saturated carbocycles. The maximum absolute atomic E-state index is 4.55. The van der Waals surface area contributed by atoms with Crippen LogP contribution < -0.4 is 5.32 Å². The number of rotatable bonds is 5. The topological polar surface area (TPSA) is 29.9 Å². The lowest BCUT2D eigenvalue weighted by atomic mass is 9.87. The smallest absolute Gasteiger partial charge is 0.0596 e. The van der Waals surface area contributed by atoms with Crippen molar-refractivity contribution in [2.24, 2.45) is 11.8 Å². The van der Waals surface area contributed by atoms with E-state index in [2.05, 4.69) is 49.0 Å². The molecule has 0 radical (unpaired) electrons. The number of hydrogen-bond donors (Lipinski definition) is 1. The predicted octanol–water partition coefficient (Wildman–Crippen LogP) is 2.78. The third-order valence-electron chi connectivity index (χ3n) is 4.53. The van der Waals surface area contributed by atoms with E-state index in [1.165, 1.54) is 25.0 Å². The Bertz CT molecular complexity index is 383. The Morgan fingerprint density at radius 3 is 2.83 bits per heavy atom. The molecule has 1 aromatic rings. The van der Waals surface area contributed by atoms with Gasteiger partial charge in [0.1, 0.15) is 0 Å². The number of aromatic nitrogens is 2. The third-order valence-corrected chi connectivity index (χ3v) is 4.53. The second-order valence-electron chi connectivity index (χ2n) is 5.76. The second kappa shape index (κ2) is 5.87. The molecule has 0 spiro atoms. The van der Waals surface area contributed by atoms with Crippen LogP contribution >= 0.6 is 0 Å². The Balaban J connectivity index is 2.09. The van der Waals surface area contributed by atoms with Gasteiger partial charge in [-0.2, -0.15) is 5.10 Å². The van der Waals surface area contributed by atoms with Crippen molar-refractivity contribution in [2.45, 2.75) is 59.0 Å². The fourth-order valence-corrected chi connectivity index (χ4v) is 3.50. The van der Waals surface area contributed by atoms with Crippen molar-refractivity contribution in [1.82, 2.24) is 15.1 Å². The highest BCUT2D eigenvalue weighted by atomic mass is 15.3.